The molecule has 0 saturated carbocycles. The summed E-state index contributed by atoms with van der Waals surface area (Å²) in [5.41, 5.74) is 1.60. The standard InChI is InChI=1S/C15H12BrNO3/c16-12-3-1-2-10(6-12)8-17-15(18)11-4-5-13-14(7-11)20-9-19-13/h1-7H,8-9H2,(H,17,18). The summed E-state index contributed by atoms with van der Waals surface area (Å²) in [4.78, 5) is 12.1. The Balaban J connectivity index is 1.67. The lowest BCUT2D eigenvalue weighted by Crippen LogP contribution is -2.22. The van der Waals surface area contributed by atoms with Gasteiger partial charge in [-0.3, -0.25) is 4.79 Å². The molecule has 0 spiro atoms. The van der Waals surface area contributed by atoms with Crippen LogP contribution >= 0.6 is 15.9 Å². The minimum Gasteiger partial charge on any atom is -0.454 e. The molecule has 2 aromatic carbocycles. The van der Waals surface area contributed by atoms with E-state index in [9.17, 15) is 4.79 Å². The lowest BCUT2D eigenvalue weighted by Gasteiger charge is -2.06. The smallest absolute Gasteiger partial charge is 0.251 e. The first-order valence-corrected chi connectivity index (χ1v) is 6.94. The monoisotopic (exact) mass is 333 g/mol. The molecule has 0 atom stereocenters. The van der Waals surface area contributed by atoms with Gasteiger partial charge in [-0.05, 0) is 35.9 Å². The van der Waals surface area contributed by atoms with Gasteiger partial charge in [0.1, 0.15) is 0 Å². The van der Waals surface area contributed by atoms with Gasteiger partial charge < -0.3 is 14.8 Å². The Labute approximate surface area is 124 Å². The van der Waals surface area contributed by atoms with Crippen LogP contribution in [0.2, 0.25) is 0 Å². The van der Waals surface area contributed by atoms with E-state index in [2.05, 4.69) is 21.2 Å². The highest BCUT2D eigenvalue weighted by molar-refractivity contribution is 9.10. The quantitative estimate of drug-likeness (QED) is 0.938. The predicted octanol–water partition coefficient (Wildman–Crippen LogP) is 3.11. The number of benzene rings is 2. The summed E-state index contributed by atoms with van der Waals surface area (Å²) in [6.45, 7) is 0.686. The lowest BCUT2D eigenvalue weighted by molar-refractivity contribution is 0.0950. The van der Waals surface area contributed by atoms with E-state index in [1.807, 2.05) is 24.3 Å². The molecule has 1 aliphatic rings. The molecule has 1 N–H and O–H groups in total. The maximum Gasteiger partial charge on any atom is 0.251 e. The number of rotatable bonds is 3. The van der Waals surface area contributed by atoms with Crippen molar-refractivity contribution in [1.82, 2.24) is 5.32 Å². The summed E-state index contributed by atoms with van der Waals surface area (Å²) in [7, 11) is 0. The molecule has 0 aliphatic carbocycles. The highest BCUT2D eigenvalue weighted by atomic mass is 79.9. The van der Waals surface area contributed by atoms with E-state index in [0.29, 0.717) is 23.6 Å². The third-order valence-electron chi connectivity index (χ3n) is 2.98. The van der Waals surface area contributed by atoms with Crippen LogP contribution < -0.4 is 14.8 Å². The van der Waals surface area contributed by atoms with Crippen LogP contribution in [0.25, 0.3) is 0 Å². The summed E-state index contributed by atoms with van der Waals surface area (Å²) in [6.07, 6.45) is 0. The van der Waals surface area contributed by atoms with Crippen molar-refractivity contribution in [3.8, 4) is 11.5 Å². The molecule has 0 fully saturated rings. The fourth-order valence-electron chi connectivity index (χ4n) is 1.97. The summed E-state index contributed by atoms with van der Waals surface area (Å²) >= 11 is 3.40. The number of hydrogen-bond donors (Lipinski definition) is 1. The minimum atomic E-state index is -0.136. The summed E-state index contributed by atoms with van der Waals surface area (Å²) in [5, 5.41) is 2.88. The highest BCUT2D eigenvalue weighted by Gasteiger charge is 2.15. The molecule has 1 aliphatic heterocycles. The molecule has 1 heterocycles. The van der Waals surface area contributed by atoms with Crippen molar-refractivity contribution >= 4 is 21.8 Å². The Morgan fingerprint density at radius 2 is 2.00 bits per heavy atom. The Hall–Kier alpha value is -2.01. The fourth-order valence-corrected chi connectivity index (χ4v) is 2.42. The first-order chi connectivity index (χ1) is 9.72. The van der Waals surface area contributed by atoms with Crippen molar-refractivity contribution in [3.63, 3.8) is 0 Å². The lowest BCUT2D eigenvalue weighted by atomic mass is 10.1. The number of halogens is 1. The van der Waals surface area contributed by atoms with Crippen molar-refractivity contribution in [3.05, 3.63) is 58.1 Å². The zero-order valence-electron chi connectivity index (χ0n) is 10.6. The van der Waals surface area contributed by atoms with E-state index in [1.54, 1.807) is 18.2 Å². The number of amides is 1. The summed E-state index contributed by atoms with van der Waals surface area (Å²) in [6, 6.07) is 13.0. The average Bonchev–Trinajstić information content (AvgIpc) is 2.92. The second-order valence-corrected chi connectivity index (χ2v) is 5.30. The van der Waals surface area contributed by atoms with Crippen LogP contribution in [0, 0.1) is 0 Å². The molecular formula is C15H12BrNO3. The van der Waals surface area contributed by atoms with Gasteiger partial charge in [-0.2, -0.15) is 0 Å². The number of ether oxygens (including phenoxy) is 2. The minimum absolute atomic E-state index is 0.136. The largest absolute Gasteiger partial charge is 0.454 e. The predicted molar refractivity (Wildman–Crippen MR) is 77.9 cm³/mol. The fraction of sp³-hybridized carbons (Fsp3) is 0.133. The van der Waals surface area contributed by atoms with E-state index >= 15 is 0 Å². The van der Waals surface area contributed by atoms with E-state index in [0.717, 1.165) is 10.0 Å². The van der Waals surface area contributed by atoms with E-state index in [4.69, 9.17) is 9.47 Å². The number of nitrogens with one attached hydrogen (secondary N) is 1. The Morgan fingerprint density at radius 1 is 1.15 bits per heavy atom. The molecule has 0 aromatic heterocycles. The molecule has 5 heteroatoms. The number of hydrogen-bond acceptors (Lipinski definition) is 3. The van der Waals surface area contributed by atoms with Crippen LogP contribution in [0.5, 0.6) is 11.5 Å². The zero-order chi connectivity index (χ0) is 13.9. The van der Waals surface area contributed by atoms with Crippen LogP contribution in [0.3, 0.4) is 0 Å². The Bertz CT molecular complexity index is 657. The van der Waals surface area contributed by atoms with Gasteiger partial charge in [-0.1, -0.05) is 28.1 Å². The van der Waals surface area contributed by atoms with Gasteiger partial charge in [0.15, 0.2) is 11.5 Å². The average molecular weight is 334 g/mol. The van der Waals surface area contributed by atoms with Crippen molar-refractivity contribution in [1.29, 1.82) is 0 Å². The Morgan fingerprint density at radius 3 is 2.85 bits per heavy atom. The van der Waals surface area contributed by atoms with Crippen molar-refractivity contribution < 1.29 is 14.3 Å². The van der Waals surface area contributed by atoms with Gasteiger partial charge in [0.2, 0.25) is 6.79 Å². The third-order valence-corrected chi connectivity index (χ3v) is 3.47. The summed E-state index contributed by atoms with van der Waals surface area (Å²) < 4.78 is 11.5. The van der Waals surface area contributed by atoms with E-state index < -0.39 is 0 Å². The van der Waals surface area contributed by atoms with Crippen molar-refractivity contribution in [2.75, 3.05) is 6.79 Å². The number of fused-ring (bicyclic) bond motifs is 1. The van der Waals surface area contributed by atoms with Crippen LogP contribution in [-0.4, -0.2) is 12.7 Å². The maximum absolute atomic E-state index is 12.1. The number of carbonyl (C=O) groups is 1. The summed E-state index contributed by atoms with van der Waals surface area (Å²) in [5.74, 6) is 1.15. The second-order valence-electron chi connectivity index (χ2n) is 4.38. The van der Waals surface area contributed by atoms with E-state index in [-0.39, 0.29) is 12.7 Å². The molecule has 20 heavy (non-hydrogen) atoms. The SMILES string of the molecule is O=C(NCc1cccc(Br)c1)c1ccc2c(c1)OCO2. The molecule has 4 nitrogen and oxygen atoms in total. The number of carbonyl (C=O) groups excluding carboxylic acids is 1. The third kappa shape index (κ3) is 2.77. The topological polar surface area (TPSA) is 47.6 Å². The van der Waals surface area contributed by atoms with Crippen LogP contribution in [-0.2, 0) is 6.54 Å². The first-order valence-electron chi connectivity index (χ1n) is 6.15. The van der Waals surface area contributed by atoms with Crippen molar-refractivity contribution in [2.45, 2.75) is 6.54 Å². The molecule has 0 bridgehead atoms. The van der Waals surface area contributed by atoms with Gasteiger partial charge in [0.25, 0.3) is 5.91 Å². The first kappa shape index (κ1) is 13.0. The zero-order valence-corrected chi connectivity index (χ0v) is 12.1. The molecule has 1 amide bonds. The van der Waals surface area contributed by atoms with Gasteiger partial charge in [-0.25, -0.2) is 0 Å². The molecule has 3 rings (SSSR count). The molecule has 102 valence electrons. The molecule has 0 radical (unpaired) electrons. The molecule has 0 saturated heterocycles. The highest BCUT2D eigenvalue weighted by Crippen LogP contribution is 2.32. The second kappa shape index (κ2) is 5.54. The van der Waals surface area contributed by atoms with Gasteiger partial charge in [0, 0.05) is 16.6 Å². The van der Waals surface area contributed by atoms with Crippen molar-refractivity contribution in [2.24, 2.45) is 0 Å². The molecule has 2 aromatic rings. The maximum atomic E-state index is 12.1. The van der Waals surface area contributed by atoms with Gasteiger partial charge in [0.05, 0.1) is 0 Å². The van der Waals surface area contributed by atoms with Gasteiger partial charge in [-0.15, -0.1) is 0 Å². The van der Waals surface area contributed by atoms with Crippen LogP contribution in [0.4, 0.5) is 0 Å². The molecular weight excluding hydrogens is 322 g/mol. The normalized spacial score (nSPS) is 12.2. The van der Waals surface area contributed by atoms with Crippen LogP contribution in [0.15, 0.2) is 46.9 Å². The van der Waals surface area contributed by atoms with Crippen LogP contribution in [0.1, 0.15) is 15.9 Å². The Kier molecular flexibility index (Phi) is 3.60. The molecule has 0 unspecified atom stereocenters. The van der Waals surface area contributed by atoms with Gasteiger partial charge >= 0.3 is 0 Å². The van der Waals surface area contributed by atoms with E-state index in [1.165, 1.54) is 0 Å².